The van der Waals surface area contributed by atoms with Crippen LogP contribution in [0.4, 0.5) is 13.9 Å². The molecule has 0 aliphatic carbocycles. The number of fused-ring (bicyclic) bond motifs is 1. The van der Waals surface area contributed by atoms with Gasteiger partial charge in [-0.15, -0.1) is 11.3 Å². The molecule has 0 atom stereocenters. The Kier molecular flexibility index (Phi) is 5.48. The summed E-state index contributed by atoms with van der Waals surface area (Å²) in [5, 5.41) is 5.27. The van der Waals surface area contributed by atoms with Gasteiger partial charge >= 0.3 is 12.5 Å². The Morgan fingerprint density at radius 3 is 2.66 bits per heavy atom. The van der Waals surface area contributed by atoms with E-state index in [-0.39, 0.29) is 23.6 Å². The van der Waals surface area contributed by atoms with Gasteiger partial charge in [-0.2, -0.15) is 8.78 Å². The highest BCUT2D eigenvalue weighted by Gasteiger charge is 2.20. The molecule has 4 rings (SSSR count). The number of nitrogens with zero attached hydrogens (tertiary/aromatic N) is 3. The van der Waals surface area contributed by atoms with Crippen LogP contribution < -0.4 is 5.32 Å². The number of carbonyl (C=O) groups is 1. The minimum atomic E-state index is -2.79. The van der Waals surface area contributed by atoms with Crippen LogP contribution in [0.15, 0.2) is 60.0 Å². The zero-order chi connectivity index (χ0) is 20.2. The van der Waals surface area contributed by atoms with Crippen LogP contribution >= 0.6 is 11.3 Å². The first-order valence-corrected chi connectivity index (χ1v) is 9.64. The Hall–Kier alpha value is -3.33. The molecular formula is C20H16F2N4O2S. The van der Waals surface area contributed by atoms with Crippen molar-refractivity contribution in [3.8, 4) is 0 Å². The molecule has 0 radical (unpaired) electrons. The predicted molar refractivity (Wildman–Crippen MR) is 106 cm³/mol. The quantitative estimate of drug-likeness (QED) is 0.438. The highest BCUT2D eigenvalue weighted by molar-refractivity contribution is 7.13. The third kappa shape index (κ3) is 4.24. The van der Waals surface area contributed by atoms with E-state index in [0.29, 0.717) is 17.2 Å². The number of thiazole rings is 1. The van der Waals surface area contributed by atoms with Crippen LogP contribution in [0.3, 0.4) is 0 Å². The zero-order valence-corrected chi connectivity index (χ0v) is 15.9. The van der Waals surface area contributed by atoms with Crippen molar-refractivity contribution in [2.24, 2.45) is 0 Å². The Balaban J connectivity index is 1.41. The van der Waals surface area contributed by atoms with E-state index in [0.717, 1.165) is 10.1 Å². The van der Waals surface area contributed by atoms with Crippen molar-refractivity contribution < 1.29 is 18.3 Å². The molecule has 0 saturated heterocycles. The van der Waals surface area contributed by atoms with Crippen molar-refractivity contribution in [3.05, 3.63) is 77.1 Å². The second-order valence-corrected chi connectivity index (χ2v) is 6.98. The number of nitrogens with one attached hydrogen (secondary N) is 1. The monoisotopic (exact) mass is 414 g/mol. The van der Waals surface area contributed by atoms with E-state index in [9.17, 15) is 13.6 Å². The van der Waals surface area contributed by atoms with E-state index in [4.69, 9.17) is 4.74 Å². The van der Waals surface area contributed by atoms with Gasteiger partial charge in [0, 0.05) is 11.9 Å². The van der Waals surface area contributed by atoms with Crippen molar-refractivity contribution in [2.45, 2.75) is 19.7 Å². The summed E-state index contributed by atoms with van der Waals surface area (Å²) < 4.78 is 32.8. The van der Waals surface area contributed by atoms with Crippen LogP contribution in [0.2, 0.25) is 0 Å². The van der Waals surface area contributed by atoms with Crippen LogP contribution in [-0.4, -0.2) is 20.5 Å². The molecule has 9 heteroatoms. The minimum Gasteiger partial charge on any atom is -0.453 e. The van der Waals surface area contributed by atoms with Gasteiger partial charge in [-0.25, -0.2) is 14.8 Å². The Bertz CT molecular complexity index is 1130. The van der Waals surface area contributed by atoms with Crippen molar-refractivity contribution >= 4 is 33.5 Å². The van der Waals surface area contributed by atoms with Gasteiger partial charge in [-0.05, 0) is 17.7 Å². The summed E-state index contributed by atoms with van der Waals surface area (Å²) in [6.07, 6.45) is 0. The van der Waals surface area contributed by atoms with Gasteiger partial charge in [-0.3, -0.25) is 4.57 Å². The largest absolute Gasteiger partial charge is 0.453 e. The lowest BCUT2D eigenvalue weighted by Gasteiger charge is -2.08. The number of hydrogen-bond acceptors (Lipinski definition) is 6. The topological polar surface area (TPSA) is 69.0 Å². The highest BCUT2D eigenvalue weighted by Crippen LogP contribution is 2.24. The number of benzene rings is 2. The molecule has 0 amide bonds. The van der Waals surface area contributed by atoms with Gasteiger partial charge in [-0.1, -0.05) is 42.5 Å². The third-order valence-corrected chi connectivity index (χ3v) is 5.00. The fourth-order valence-electron chi connectivity index (χ4n) is 2.84. The normalized spacial score (nSPS) is 11.1. The van der Waals surface area contributed by atoms with Crippen LogP contribution in [-0.2, 0) is 17.9 Å². The van der Waals surface area contributed by atoms with E-state index in [1.807, 2.05) is 30.3 Å². The summed E-state index contributed by atoms with van der Waals surface area (Å²) >= 11 is 1.27. The van der Waals surface area contributed by atoms with E-state index >= 15 is 0 Å². The number of imidazole rings is 1. The minimum absolute atomic E-state index is 0.0211. The second-order valence-electron chi connectivity index (χ2n) is 6.12. The zero-order valence-electron chi connectivity index (χ0n) is 15.1. The van der Waals surface area contributed by atoms with Crippen LogP contribution in [0, 0.1) is 0 Å². The maximum Gasteiger partial charge on any atom is 0.358 e. The maximum absolute atomic E-state index is 13.4. The summed E-state index contributed by atoms with van der Waals surface area (Å²) in [4.78, 5) is 20.6. The van der Waals surface area contributed by atoms with Crippen LogP contribution in [0.25, 0.3) is 11.0 Å². The molecule has 0 fully saturated rings. The molecule has 4 aromatic rings. The molecule has 148 valence electrons. The van der Waals surface area contributed by atoms with E-state index in [2.05, 4.69) is 15.3 Å². The van der Waals surface area contributed by atoms with Crippen molar-refractivity contribution in [3.63, 3.8) is 0 Å². The van der Waals surface area contributed by atoms with Crippen molar-refractivity contribution in [2.75, 3.05) is 5.32 Å². The molecule has 0 unspecified atom stereocenters. The van der Waals surface area contributed by atoms with Crippen LogP contribution in [0.1, 0.15) is 28.4 Å². The molecule has 0 spiro atoms. The van der Waals surface area contributed by atoms with Gasteiger partial charge < -0.3 is 10.1 Å². The number of ether oxygens (including phenoxy) is 1. The number of hydrogen-bond donors (Lipinski definition) is 1. The molecule has 0 saturated carbocycles. The summed E-state index contributed by atoms with van der Waals surface area (Å²) in [6, 6.07) is 16.3. The second kappa shape index (κ2) is 8.36. The standard InChI is InChI=1S/C20H16F2N4O2S/c21-19(22)26-16-9-5-4-8-14(16)24-17(26)11-28-18(27)15-12-29-20(25-15)23-10-13-6-2-1-3-7-13/h1-9,12,19H,10-11H2,(H,23,25). The number of halogens is 2. The summed E-state index contributed by atoms with van der Waals surface area (Å²) in [5.41, 5.74) is 1.90. The smallest absolute Gasteiger partial charge is 0.358 e. The van der Waals surface area contributed by atoms with E-state index in [1.165, 1.54) is 11.3 Å². The summed E-state index contributed by atoms with van der Waals surface area (Å²) in [6.45, 7) is -2.59. The number of rotatable bonds is 7. The molecule has 2 heterocycles. The fraction of sp³-hybridized carbons (Fsp3) is 0.150. The molecule has 29 heavy (non-hydrogen) atoms. The number of carbonyl (C=O) groups excluding carboxylic acids is 1. The van der Waals surface area contributed by atoms with Gasteiger partial charge in [0.2, 0.25) is 0 Å². The lowest BCUT2D eigenvalue weighted by atomic mass is 10.2. The Morgan fingerprint density at radius 2 is 1.86 bits per heavy atom. The molecular weight excluding hydrogens is 398 g/mol. The molecule has 0 bridgehead atoms. The first-order chi connectivity index (χ1) is 14.1. The average molecular weight is 414 g/mol. The first-order valence-electron chi connectivity index (χ1n) is 8.76. The highest BCUT2D eigenvalue weighted by atomic mass is 32.1. The molecule has 2 aromatic carbocycles. The fourth-order valence-corrected chi connectivity index (χ4v) is 3.52. The number of anilines is 1. The van der Waals surface area contributed by atoms with E-state index < -0.39 is 12.5 Å². The van der Waals surface area contributed by atoms with Crippen molar-refractivity contribution in [1.29, 1.82) is 0 Å². The van der Waals surface area contributed by atoms with Crippen LogP contribution in [0.5, 0.6) is 0 Å². The number of aromatic nitrogens is 3. The van der Waals surface area contributed by atoms with Crippen molar-refractivity contribution in [1.82, 2.24) is 14.5 Å². The molecule has 2 aromatic heterocycles. The lowest BCUT2D eigenvalue weighted by Crippen LogP contribution is -2.11. The molecule has 0 aliphatic rings. The van der Waals surface area contributed by atoms with Gasteiger partial charge in [0.1, 0.15) is 6.61 Å². The Morgan fingerprint density at radius 1 is 1.10 bits per heavy atom. The van der Waals surface area contributed by atoms with Gasteiger partial charge in [0.15, 0.2) is 16.6 Å². The van der Waals surface area contributed by atoms with Gasteiger partial charge in [0.25, 0.3) is 0 Å². The number of esters is 1. The first kappa shape index (κ1) is 19.0. The van der Waals surface area contributed by atoms with E-state index in [1.54, 1.807) is 29.6 Å². The predicted octanol–water partition coefficient (Wildman–Crippen LogP) is 4.86. The molecule has 6 nitrogen and oxygen atoms in total. The maximum atomic E-state index is 13.4. The summed E-state index contributed by atoms with van der Waals surface area (Å²) in [5.74, 6) is -0.714. The SMILES string of the molecule is O=C(OCc1nc2ccccc2n1C(F)F)c1csc(NCc2ccccc2)n1. The third-order valence-electron chi connectivity index (χ3n) is 4.20. The lowest BCUT2D eigenvalue weighted by molar-refractivity contribution is 0.0383. The number of alkyl halides is 2. The summed E-state index contributed by atoms with van der Waals surface area (Å²) in [7, 11) is 0. The Labute approximate surface area is 168 Å². The van der Waals surface area contributed by atoms with Gasteiger partial charge in [0.05, 0.1) is 11.0 Å². The number of para-hydroxylation sites is 2. The average Bonchev–Trinajstić information content (AvgIpc) is 3.35. The molecule has 1 N–H and O–H groups in total. The molecule has 0 aliphatic heterocycles.